The van der Waals surface area contributed by atoms with E-state index in [4.69, 9.17) is 0 Å². The molecule has 0 aliphatic carbocycles. The summed E-state index contributed by atoms with van der Waals surface area (Å²) >= 11 is 1.61. The standard InChI is InChI=1S/C19H23N3OS/c23-18(21-16-8-4-10-22-11-5-9-17(16)22)12-15-13-24-19(20-15)14-6-2-1-3-7-14/h1-3,6-7,13,16-17H,4-5,8-12H2,(H,21,23)/t16-,17-/m0/s1. The number of amides is 1. The zero-order chi connectivity index (χ0) is 16.4. The van der Waals surface area contributed by atoms with Gasteiger partial charge in [-0.2, -0.15) is 0 Å². The molecule has 4 nitrogen and oxygen atoms in total. The summed E-state index contributed by atoms with van der Waals surface area (Å²) < 4.78 is 0. The van der Waals surface area contributed by atoms with E-state index < -0.39 is 0 Å². The molecule has 2 atom stereocenters. The molecular formula is C19H23N3OS. The van der Waals surface area contributed by atoms with Gasteiger partial charge in [0.25, 0.3) is 0 Å². The fourth-order valence-corrected chi connectivity index (χ4v) is 4.81. The first kappa shape index (κ1) is 15.8. The zero-order valence-electron chi connectivity index (χ0n) is 13.8. The second kappa shape index (κ2) is 7.03. The van der Waals surface area contributed by atoms with Crippen LogP contribution in [0.4, 0.5) is 0 Å². The van der Waals surface area contributed by atoms with E-state index in [9.17, 15) is 4.79 Å². The molecule has 1 aromatic carbocycles. The number of nitrogens with zero attached hydrogens (tertiary/aromatic N) is 2. The summed E-state index contributed by atoms with van der Waals surface area (Å²) in [5, 5.41) is 6.26. The number of hydrogen-bond acceptors (Lipinski definition) is 4. The van der Waals surface area contributed by atoms with Crippen LogP contribution < -0.4 is 5.32 Å². The van der Waals surface area contributed by atoms with Crippen LogP contribution in [0.3, 0.4) is 0 Å². The highest BCUT2D eigenvalue weighted by atomic mass is 32.1. The Morgan fingerprint density at radius 1 is 1.21 bits per heavy atom. The molecule has 0 unspecified atom stereocenters. The third-order valence-electron chi connectivity index (χ3n) is 5.10. The third-order valence-corrected chi connectivity index (χ3v) is 6.04. The van der Waals surface area contributed by atoms with Crippen molar-refractivity contribution in [2.24, 2.45) is 0 Å². The lowest BCUT2D eigenvalue weighted by atomic mass is 9.96. The van der Waals surface area contributed by atoms with Gasteiger partial charge in [-0.25, -0.2) is 4.98 Å². The molecule has 2 fully saturated rings. The van der Waals surface area contributed by atoms with E-state index in [1.165, 1.54) is 32.4 Å². The Hall–Kier alpha value is -1.72. The van der Waals surface area contributed by atoms with E-state index in [2.05, 4.69) is 27.3 Å². The minimum atomic E-state index is 0.110. The van der Waals surface area contributed by atoms with Crippen LogP contribution in [0.15, 0.2) is 35.7 Å². The molecule has 1 N–H and O–H groups in total. The third kappa shape index (κ3) is 3.37. The molecule has 3 heterocycles. The van der Waals surface area contributed by atoms with Gasteiger partial charge in [-0.05, 0) is 38.8 Å². The Balaban J connectivity index is 1.37. The number of rotatable bonds is 4. The number of aromatic nitrogens is 1. The van der Waals surface area contributed by atoms with E-state index in [1.807, 2.05) is 23.6 Å². The van der Waals surface area contributed by atoms with Gasteiger partial charge in [0.15, 0.2) is 0 Å². The molecule has 2 saturated heterocycles. The normalized spacial score (nSPS) is 23.8. The van der Waals surface area contributed by atoms with Crippen LogP contribution in [0.2, 0.25) is 0 Å². The summed E-state index contributed by atoms with van der Waals surface area (Å²) in [4.78, 5) is 19.6. The molecule has 2 aliphatic heterocycles. The molecule has 0 radical (unpaired) electrons. The molecule has 5 heteroatoms. The van der Waals surface area contributed by atoms with E-state index in [0.29, 0.717) is 18.5 Å². The van der Waals surface area contributed by atoms with Crippen LogP contribution in [0.25, 0.3) is 10.6 Å². The summed E-state index contributed by atoms with van der Waals surface area (Å²) in [6.45, 7) is 2.40. The molecule has 4 rings (SSSR count). The highest BCUT2D eigenvalue weighted by Gasteiger charge is 2.35. The number of piperidine rings is 1. The van der Waals surface area contributed by atoms with Crippen LogP contribution >= 0.6 is 11.3 Å². The highest BCUT2D eigenvalue weighted by Crippen LogP contribution is 2.27. The lowest BCUT2D eigenvalue weighted by Gasteiger charge is -2.37. The van der Waals surface area contributed by atoms with E-state index in [0.717, 1.165) is 22.7 Å². The van der Waals surface area contributed by atoms with E-state index in [-0.39, 0.29) is 5.91 Å². The lowest BCUT2D eigenvalue weighted by molar-refractivity contribution is -0.121. The average Bonchev–Trinajstić information content (AvgIpc) is 3.25. The van der Waals surface area contributed by atoms with E-state index >= 15 is 0 Å². The molecule has 126 valence electrons. The summed E-state index contributed by atoms with van der Waals surface area (Å²) in [5.41, 5.74) is 1.98. The molecule has 0 bridgehead atoms. The monoisotopic (exact) mass is 341 g/mol. The first-order valence-electron chi connectivity index (χ1n) is 8.83. The van der Waals surface area contributed by atoms with Crippen molar-refractivity contribution in [3.63, 3.8) is 0 Å². The van der Waals surface area contributed by atoms with Gasteiger partial charge < -0.3 is 5.32 Å². The predicted octanol–water partition coefficient (Wildman–Crippen LogP) is 3.10. The number of thiazole rings is 1. The fraction of sp³-hybridized carbons (Fsp3) is 0.474. The number of nitrogens with one attached hydrogen (secondary N) is 1. The SMILES string of the molecule is O=C(Cc1csc(-c2ccccc2)n1)N[C@H]1CCCN2CCC[C@@H]12. The van der Waals surface area contributed by atoms with Gasteiger partial charge in [-0.3, -0.25) is 9.69 Å². The molecule has 24 heavy (non-hydrogen) atoms. The zero-order valence-corrected chi connectivity index (χ0v) is 14.6. The summed E-state index contributed by atoms with van der Waals surface area (Å²) in [5.74, 6) is 0.110. The Morgan fingerprint density at radius 2 is 2.00 bits per heavy atom. The van der Waals surface area contributed by atoms with Crippen molar-refractivity contribution < 1.29 is 4.79 Å². The first-order chi connectivity index (χ1) is 11.8. The molecular weight excluding hydrogens is 318 g/mol. The van der Waals surface area contributed by atoms with Crippen LogP contribution in [-0.2, 0) is 11.2 Å². The molecule has 0 spiro atoms. The number of fused-ring (bicyclic) bond motifs is 1. The van der Waals surface area contributed by atoms with Gasteiger partial charge >= 0.3 is 0 Å². The van der Waals surface area contributed by atoms with Gasteiger partial charge in [0.2, 0.25) is 5.91 Å². The van der Waals surface area contributed by atoms with Crippen molar-refractivity contribution in [2.75, 3.05) is 13.1 Å². The Kier molecular flexibility index (Phi) is 4.63. The van der Waals surface area contributed by atoms with Crippen LogP contribution in [-0.4, -0.2) is 41.0 Å². The molecule has 0 saturated carbocycles. The Morgan fingerprint density at radius 3 is 2.83 bits per heavy atom. The van der Waals surface area contributed by atoms with Crippen molar-refractivity contribution >= 4 is 17.2 Å². The minimum absolute atomic E-state index is 0.110. The van der Waals surface area contributed by atoms with Gasteiger partial charge in [-0.15, -0.1) is 11.3 Å². The maximum Gasteiger partial charge on any atom is 0.226 e. The van der Waals surface area contributed by atoms with Gasteiger partial charge in [-0.1, -0.05) is 30.3 Å². The largest absolute Gasteiger partial charge is 0.351 e. The number of hydrogen-bond donors (Lipinski definition) is 1. The van der Waals surface area contributed by atoms with Crippen molar-refractivity contribution in [1.82, 2.24) is 15.2 Å². The quantitative estimate of drug-likeness (QED) is 0.929. The lowest BCUT2D eigenvalue weighted by Crippen LogP contribution is -2.52. The second-order valence-electron chi connectivity index (χ2n) is 6.75. The van der Waals surface area contributed by atoms with Crippen LogP contribution in [0.5, 0.6) is 0 Å². The topological polar surface area (TPSA) is 45.2 Å². The van der Waals surface area contributed by atoms with Crippen molar-refractivity contribution in [1.29, 1.82) is 0 Å². The predicted molar refractivity (Wildman–Crippen MR) is 97.0 cm³/mol. The van der Waals surface area contributed by atoms with Crippen molar-refractivity contribution in [3.8, 4) is 10.6 Å². The maximum absolute atomic E-state index is 12.5. The summed E-state index contributed by atoms with van der Waals surface area (Å²) in [6.07, 6.45) is 5.17. The highest BCUT2D eigenvalue weighted by molar-refractivity contribution is 7.13. The Bertz CT molecular complexity index is 700. The van der Waals surface area contributed by atoms with Crippen LogP contribution in [0.1, 0.15) is 31.4 Å². The molecule has 2 aromatic rings. The minimum Gasteiger partial charge on any atom is -0.351 e. The van der Waals surface area contributed by atoms with Gasteiger partial charge in [0, 0.05) is 23.0 Å². The second-order valence-corrected chi connectivity index (χ2v) is 7.61. The summed E-state index contributed by atoms with van der Waals surface area (Å²) in [6, 6.07) is 11.0. The molecule has 1 amide bonds. The smallest absolute Gasteiger partial charge is 0.226 e. The van der Waals surface area contributed by atoms with Gasteiger partial charge in [0.05, 0.1) is 12.1 Å². The Labute approximate surface area is 146 Å². The summed E-state index contributed by atoms with van der Waals surface area (Å²) in [7, 11) is 0. The van der Waals surface area contributed by atoms with Gasteiger partial charge in [0.1, 0.15) is 5.01 Å². The van der Waals surface area contributed by atoms with Crippen LogP contribution in [0, 0.1) is 0 Å². The van der Waals surface area contributed by atoms with E-state index in [1.54, 1.807) is 11.3 Å². The fourth-order valence-electron chi connectivity index (χ4n) is 3.98. The number of carbonyl (C=O) groups is 1. The molecule has 2 aliphatic rings. The average molecular weight is 341 g/mol. The van der Waals surface area contributed by atoms with Crippen molar-refractivity contribution in [2.45, 2.75) is 44.2 Å². The maximum atomic E-state index is 12.5. The van der Waals surface area contributed by atoms with Crippen molar-refractivity contribution in [3.05, 3.63) is 41.4 Å². The number of benzene rings is 1. The molecule has 1 aromatic heterocycles. The number of carbonyl (C=O) groups excluding carboxylic acids is 1. The first-order valence-corrected chi connectivity index (χ1v) is 9.71.